The highest BCUT2D eigenvalue weighted by molar-refractivity contribution is 5.79. The van der Waals surface area contributed by atoms with Crippen LogP contribution in [0, 0.1) is 5.92 Å². The van der Waals surface area contributed by atoms with Crippen LogP contribution in [0.5, 0.6) is 0 Å². The Bertz CT molecular complexity index is 739. The summed E-state index contributed by atoms with van der Waals surface area (Å²) < 4.78 is 0. The minimum atomic E-state index is 0.0415. The number of carbonyl (C=O) groups is 1. The fourth-order valence-corrected chi connectivity index (χ4v) is 3.92. The molecule has 0 aromatic heterocycles. The van der Waals surface area contributed by atoms with E-state index in [2.05, 4.69) is 72.3 Å². The molecular formula is C24H30N2O. The van der Waals surface area contributed by atoms with Gasteiger partial charge in [-0.05, 0) is 36.0 Å². The number of amides is 1. The Morgan fingerprint density at radius 3 is 2.52 bits per heavy atom. The number of carbonyl (C=O) groups excluding carboxylic acids is 1. The maximum atomic E-state index is 12.5. The van der Waals surface area contributed by atoms with Crippen LogP contribution in [0.3, 0.4) is 0 Å². The van der Waals surface area contributed by atoms with Crippen LogP contribution in [0.15, 0.2) is 67.3 Å². The third-order valence-electron chi connectivity index (χ3n) is 5.48. The quantitative estimate of drug-likeness (QED) is 0.735. The lowest BCUT2D eigenvalue weighted by atomic mass is 9.87. The van der Waals surface area contributed by atoms with Crippen molar-refractivity contribution in [2.45, 2.75) is 38.8 Å². The predicted octanol–water partition coefficient (Wildman–Crippen LogP) is 4.50. The summed E-state index contributed by atoms with van der Waals surface area (Å²) in [6.45, 7) is 8.07. The first-order chi connectivity index (χ1) is 13.2. The van der Waals surface area contributed by atoms with Gasteiger partial charge in [-0.15, -0.1) is 6.58 Å². The fourth-order valence-electron chi connectivity index (χ4n) is 3.92. The predicted molar refractivity (Wildman–Crippen MR) is 111 cm³/mol. The second kappa shape index (κ2) is 9.52. The molecule has 1 amide bonds. The molecule has 1 aliphatic heterocycles. The molecular weight excluding hydrogens is 332 g/mol. The van der Waals surface area contributed by atoms with E-state index in [4.69, 9.17) is 0 Å². The smallest absolute Gasteiger partial charge is 0.224 e. The molecule has 0 spiro atoms. The molecule has 2 aromatic rings. The van der Waals surface area contributed by atoms with Crippen molar-refractivity contribution in [3.8, 4) is 0 Å². The van der Waals surface area contributed by atoms with E-state index in [9.17, 15) is 4.79 Å². The van der Waals surface area contributed by atoms with Crippen molar-refractivity contribution in [2.24, 2.45) is 5.92 Å². The molecule has 3 nitrogen and oxygen atoms in total. The Hall–Kier alpha value is -2.39. The Morgan fingerprint density at radius 2 is 1.85 bits per heavy atom. The monoisotopic (exact) mass is 362 g/mol. The molecule has 3 heteroatoms. The summed E-state index contributed by atoms with van der Waals surface area (Å²) in [5.74, 6) is 0.188. The van der Waals surface area contributed by atoms with Crippen LogP contribution in [-0.2, 0) is 17.8 Å². The van der Waals surface area contributed by atoms with E-state index in [0.29, 0.717) is 12.6 Å². The molecule has 0 aliphatic carbocycles. The second-order valence-corrected chi connectivity index (χ2v) is 7.33. The molecule has 2 aromatic carbocycles. The van der Waals surface area contributed by atoms with Crippen molar-refractivity contribution >= 4 is 5.91 Å². The number of aryl methyl sites for hydroxylation is 1. The van der Waals surface area contributed by atoms with Gasteiger partial charge < -0.3 is 5.32 Å². The average molecular weight is 363 g/mol. The van der Waals surface area contributed by atoms with Gasteiger partial charge in [0.05, 0.1) is 5.92 Å². The van der Waals surface area contributed by atoms with Crippen molar-refractivity contribution in [1.29, 1.82) is 0 Å². The van der Waals surface area contributed by atoms with Crippen molar-refractivity contribution in [2.75, 3.05) is 13.1 Å². The lowest BCUT2D eigenvalue weighted by molar-refractivity contribution is -0.127. The first-order valence-corrected chi connectivity index (χ1v) is 9.96. The van der Waals surface area contributed by atoms with Gasteiger partial charge in [0, 0.05) is 25.7 Å². The third-order valence-corrected chi connectivity index (χ3v) is 5.48. The van der Waals surface area contributed by atoms with E-state index in [1.165, 1.54) is 16.7 Å². The molecule has 1 aliphatic rings. The SMILES string of the molecule is C=CCNC(=O)[C@@H]1CC[C@@H](c2ccc(CC)cc2)N(Cc2ccccc2)C1. The number of benzene rings is 2. The normalized spacial score (nSPS) is 20.2. The molecule has 1 fully saturated rings. The maximum Gasteiger partial charge on any atom is 0.224 e. The summed E-state index contributed by atoms with van der Waals surface area (Å²) in [4.78, 5) is 15.0. The van der Waals surface area contributed by atoms with E-state index in [-0.39, 0.29) is 11.8 Å². The number of hydrogen-bond donors (Lipinski definition) is 1. The number of piperidine rings is 1. The van der Waals surface area contributed by atoms with Crippen molar-refractivity contribution < 1.29 is 4.79 Å². The van der Waals surface area contributed by atoms with Crippen LogP contribution < -0.4 is 5.32 Å². The van der Waals surface area contributed by atoms with E-state index >= 15 is 0 Å². The summed E-state index contributed by atoms with van der Waals surface area (Å²) in [6, 6.07) is 19.9. The number of nitrogens with zero attached hydrogens (tertiary/aromatic N) is 1. The van der Waals surface area contributed by atoms with Gasteiger partial charge in [0.2, 0.25) is 5.91 Å². The number of rotatable bonds is 7. The zero-order chi connectivity index (χ0) is 19.1. The molecule has 27 heavy (non-hydrogen) atoms. The molecule has 0 bridgehead atoms. The second-order valence-electron chi connectivity index (χ2n) is 7.33. The highest BCUT2D eigenvalue weighted by Gasteiger charge is 2.32. The van der Waals surface area contributed by atoms with Gasteiger partial charge in [0.15, 0.2) is 0 Å². The topological polar surface area (TPSA) is 32.3 Å². The van der Waals surface area contributed by atoms with Crippen LogP contribution in [0.4, 0.5) is 0 Å². The lowest BCUT2D eigenvalue weighted by Crippen LogP contribution is -2.44. The Balaban J connectivity index is 1.78. The van der Waals surface area contributed by atoms with Gasteiger partial charge in [-0.1, -0.05) is 67.6 Å². The zero-order valence-corrected chi connectivity index (χ0v) is 16.2. The summed E-state index contributed by atoms with van der Waals surface area (Å²) in [5, 5.41) is 2.97. The summed E-state index contributed by atoms with van der Waals surface area (Å²) in [6.07, 6.45) is 4.73. The third kappa shape index (κ3) is 5.08. The molecule has 0 radical (unpaired) electrons. The van der Waals surface area contributed by atoms with Crippen LogP contribution in [-0.4, -0.2) is 23.9 Å². The first kappa shape index (κ1) is 19.4. The number of likely N-dealkylation sites (tertiary alicyclic amines) is 1. The highest BCUT2D eigenvalue weighted by Crippen LogP contribution is 2.34. The maximum absolute atomic E-state index is 12.5. The van der Waals surface area contributed by atoms with Gasteiger partial charge in [-0.25, -0.2) is 0 Å². The summed E-state index contributed by atoms with van der Waals surface area (Å²) >= 11 is 0. The zero-order valence-electron chi connectivity index (χ0n) is 16.2. The van der Waals surface area contributed by atoms with Gasteiger partial charge in [0.25, 0.3) is 0 Å². The van der Waals surface area contributed by atoms with E-state index < -0.39 is 0 Å². The standard InChI is InChI=1S/C24H30N2O/c1-3-16-25-24(27)22-14-15-23(21-12-10-19(4-2)11-13-21)26(18-22)17-20-8-6-5-7-9-20/h3,5-13,22-23H,1,4,14-18H2,2H3,(H,25,27)/t22-,23+/m1/s1. The van der Waals surface area contributed by atoms with Gasteiger partial charge in [-0.2, -0.15) is 0 Å². The van der Waals surface area contributed by atoms with Gasteiger partial charge >= 0.3 is 0 Å². The van der Waals surface area contributed by atoms with Crippen molar-refractivity contribution in [3.63, 3.8) is 0 Å². The van der Waals surface area contributed by atoms with Crippen LogP contribution in [0.2, 0.25) is 0 Å². The Morgan fingerprint density at radius 1 is 1.11 bits per heavy atom. The van der Waals surface area contributed by atoms with Gasteiger partial charge in [-0.3, -0.25) is 9.69 Å². The molecule has 1 saturated heterocycles. The fraction of sp³-hybridized carbons (Fsp3) is 0.375. The molecule has 0 unspecified atom stereocenters. The molecule has 2 atom stereocenters. The average Bonchev–Trinajstić information content (AvgIpc) is 2.73. The minimum absolute atomic E-state index is 0.0415. The number of hydrogen-bond acceptors (Lipinski definition) is 2. The van der Waals surface area contributed by atoms with Crippen LogP contribution in [0.1, 0.15) is 42.5 Å². The van der Waals surface area contributed by atoms with E-state index in [1.807, 2.05) is 6.07 Å². The Labute approximate surface area is 163 Å². The largest absolute Gasteiger partial charge is 0.352 e. The van der Waals surface area contributed by atoms with Crippen LogP contribution in [0.25, 0.3) is 0 Å². The molecule has 0 saturated carbocycles. The van der Waals surface area contributed by atoms with Crippen molar-refractivity contribution in [3.05, 3.63) is 83.9 Å². The molecule has 3 rings (SSSR count). The van der Waals surface area contributed by atoms with Crippen molar-refractivity contribution in [1.82, 2.24) is 10.2 Å². The Kier molecular flexibility index (Phi) is 6.83. The number of nitrogens with one attached hydrogen (secondary N) is 1. The minimum Gasteiger partial charge on any atom is -0.352 e. The van der Waals surface area contributed by atoms with Crippen LogP contribution >= 0.6 is 0 Å². The first-order valence-electron chi connectivity index (χ1n) is 9.96. The molecule has 1 heterocycles. The van der Waals surface area contributed by atoms with Gasteiger partial charge in [0.1, 0.15) is 0 Å². The summed E-state index contributed by atoms with van der Waals surface area (Å²) in [5.41, 5.74) is 4.01. The molecule has 1 N–H and O–H groups in total. The highest BCUT2D eigenvalue weighted by atomic mass is 16.1. The van der Waals surface area contributed by atoms with E-state index in [0.717, 1.165) is 32.4 Å². The summed E-state index contributed by atoms with van der Waals surface area (Å²) in [7, 11) is 0. The lowest BCUT2D eigenvalue weighted by Gasteiger charge is -2.39. The molecule has 142 valence electrons. The van der Waals surface area contributed by atoms with E-state index in [1.54, 1.807) is 6.08 Å².